The van der Waals surface area contributed by atoms with E-state index in [1.165, 1.54) is 30.3 Å². The molecule has 8 heteroatoms. The van der Waals surface area contributed by atoms with Crippen molar-refractivity contribution in [1.29, 1.82) is 0 Å². The number of anilines is 1. The first-order chi connectivity index (χ1) is 11.3. The van der Waals surface area contributed by atoms with Crippen molar-refractivity contribution < 1.29 is 23.2 Å². The fourth-order valence-corrected chi connectivity index (χ4v) is 2.88. The molecule has 1 aliphatic carbocycles. The molecule has 24 heavy (non-hydrogen) atoms. The van der Waals surface area contributed by atoms with Crippen molar-refractivity contribution >= 4 is 11.4 Å². The van der Waals surface area contributed by atoms with Crippen LogP contribution in [-0.2, 0) is 6.18 Å². The summed E-state index contributed by atoms with van der Waals surface area (Å²) in [4.78, 5) is 10.3. The zero-order chi connectivity index (χ0) is 17.5. The fraction of sp³-hybridized carbons (Fsp3) is 0.250. The van der Waals surface area contributed by atoms with Crippen molar-refractivity contribution in [2.45, 2.75) is 24.7 Å². The number of alkyl halides is 3. The predicted octanol–water partition coefficient (Wildman–Crippen LogP) is 4.20. The SMILES string of the molecule is O=[N+]([O-])c1ccc2c(c1)C(O)CC2Nc1cccc(C(F)(F)F)c1. The molecule has 0 radical (unpaired) electrons. The third-order valence-electron chi connectivity index (χ3n) is 4.01. The average Bonchev–Trinajstić information content (AvgIpc) is 2.82. The van der Waals surface area contributed by atoms with E-state index in [-0.39, 0.29) is 17.8 Å². The third-order valence-corrected chi connectivity index (χ3v) is 4.01. The van der Waals surface area contributed by atoms with E-state index in [0.717, 1.165) is 12.1 Å². The van der Waals surface area contributed by atoms with Crippen LogP contribution in [0.4, 0.5) is 24.5 Å². The van der Waals surface area contributed by atoms with Gasteiger partial charge in [-0.1, -0.05) is 6.07 Å². The maximum Gasteiger partial charge on any atom is 0.416 e. The number of nitro benzene ring substituents is 1. The summed E-state index contributed by atoms with van der Waals surface area (Å²) >= 11 is 0. The highest BCUT2D eigenvalue weighted by molar-refractivity contribution is 5.52. The Balaban J connectivity index is 1.88. The molecule has 0 aromatic heterocycles. The number of hydrogen-bond donors (Lipinski definition) is 2. The van der Waals surface area contributed by atoms with E-state index >= 15 is 0 Å². The van der Waals surface area contributed by atoms with Gasteiger partial charge in [0, 0.05) is 24.2 Å². The number of nitrogens with one attached hydrogen (secondary N) is 1. The van der Waals surface area contributed by atoms with Gasteiger partial charge in [0.25, 0.3) is 5.69 Å². The van der Waals surface area contributed by atoms with Crippen LogP contribution in [0, 0.1) is 10.1 Å². The van der Waals surface area contributed by atoms with Gasteiger partial charge in [-0.3, -0.25) is 10.1 Å². The molecule has 2 N–H and O–H groups in total. The zero-order valence-corrected chi connectivity index (χ0v) is 12.2. The first-order valence-electron chi connectivity index (χ1n) is 7.16. The molecule has 1 aliphatic rings. The maximum absolute atomic E-state index is 12.8. The Morgan fingerprint density at radius 1 is 1.17 bits per heavy atom. The highest BCUT2D eigenvalue weighted by Crippen LogP contribution is 2.42. The second-order valence-electron chi connectivity index (χ2n) is 5.60. The van der Waals surface area contributed by atoms with Crippen molar-refractivity contribution in [3.05, 3.63) is 69.3 Å². The third kappa shape index (κ3) is 3.05. The number of non-ortho nitro benzene ring substituents is 1. The van der Waals surface area contributed by atoms with E-state index in [1.54, 1.807) is 0 Å². The number of aliphatic hydroxyl groups is 1. The van der Waals surface area contributed by atoms with Crippen molar-refractivity contribution in [1.82, 2.24) is 0 Å². The number of nitrogens with zero attached hydrogens (tertiary/aromatic N) is 1. The number of aliphatic hydroxyl groups excluding tert-OH is 1. The zero-order valence-electron chi connectivity index (χ0n) is 12.2. The lowest BCUT2D eigenvalue weighted by atomic mass is 10.1. The Morgan fingerprint density at radius 2 is 1.92 bits per heavy atom. The van der Waals surface area contributed by atoms with Crippen molar-refractivity contribution in [3.8, 4) is 0 Å². The maximum atomic E-state index is 12.8. The minimum absolute atomic E-state index is 0.132. The second-order valence-corrected chi connectivity index (χ2v) is 5.60. The van der Waals surface area contributed by atoms with Crippen LogP contribution < -0.4 is 5.32 Å². The monoisotopic (exact) mass is 338 g/mol. The van der Waals surface area contributed by atoms with E-state index in [9.17, 15) is 28.4 Å². The van der Waals surface area contributed by atoms with Gasteiger partial charge in [-0.15, -0.1) is 0 Å². The van der Waals surface area contributed by atoms with E-state index in [4.69, 9.17) is 0 Å². The van der Waals surface area contributed by atoms with Gasteiger partial charge in [0.2, 0.25) is 0 Å². The Labute approximate surface area is 134 Å². The van der Waals surface area contributed by atoms with E-state index < -0.39 is 28.8 Å². The number of nitro groups is 1. The highest BCUT2D eigenvalue weighted by atomic mass is 19.4. The first kappa shape index (κ1) is 16.3. The Morgan fingerprint density at radius 3 is 2.58 bits per heavy atom. The number of hydrogen-bond acceptors (Lipinski definition) is 4. The molecule has 2 unspecified atom stereocenters. The standard InChI is InChI=1S/C16H13F3N2O3/c17-16(18,19)9-2-1-3-10(6-9)20-14-8-15(22)13-7-11(21(23)24)4-5-12(13)14/h1-7,14-15,20,22H,8H2. The fourth-order valence-electron chi connectivity index (χ4n) is 2.88. The molecule has 2 aromatic carbocycles. The van der Waals surface area contributed by atoms with E-state index in [0.29, 0.717) is 11.1 Å². The number of rotatable bonds is 3. The summed E-state index contributed by atoms with van der Waals surface area (Å²) in [5.41, 5.74) is 0.440. The van der Waals surface area contributed by atoms with Crippen LogP contribution in [0.15, 0.2) is 42.5 Å². The van der Waals surface area contributed by atoms with Gasteiger partial charge >= 0.3 is 6.18 Å². The lowest BCUT2D eigenvalue weighted by Crippen LogP contribution is -2.10. The molecule has 3 rings (SSSR count). The van der Waals surface area contributed by atoms with Crippen LogP contribution in [0.3, 0.4) is 0 Å². The Kier molecular flexibility index (Phi) is 3.92. The molecule has 0 heterocycles. The number of halogens is 3. The van der Waals surface area contributed by atoms with Crippen LogP contribution in [0.5, 0.6) is 0 Å². The first-order valence-corrected chi connectivity index (χ1v) is 7.16. The number of benzene rings is 2. The minimum atomic E-state index is -4.44. The molecule has 5 nitrogen and oxygen atoms in total. The molecular formula is C16H13F3N2O3. The molecule has 0 fully saturated rings. The van der Waals surface area contributed by atoms with E-state index in [2.05, 4.69) is 5.32 Å². The van der Waals surface area contributed by atoms with Crippen molar-refractivity contribution in [2.75, 3.05) is 5.32 Å². The van der Waals surface area contributed by atoms with E-state index in [1.807, 2.05) is 0 Å². The van der Waals surface area contributed by atoms with Gasteiger partial charge in [0.15, 0.2) is 0 Å². The summed E-state index contributed by atoms with van der Waals surface area (Å²) in [6.07, 6.45) is -5.11. The molecule has 2 aromatic rings. The number of fused-ring (bicyclic) bond motifs is 1. The molecular weight excluding hydrogens is 325 g/mol. The van der Waals surface area contributed by atoms with Crippen molar-refractivity contribution in [2.24, 2.45) is 0 Å². The Hall–Kier alpha value is -2.61. The van der Waals surface area contributed by atoms with Gasteiger partial charge in [-0.05, 0) is 35.4 Å². The Bertz CT molecular complexity index is 792. The molecule has 0 aliphatic heterocycles. The minimum Gasteiger partial charge on any atom is -0.388 e. The molecule has 0 amide bonds. The van der Waals surface area contributed by atoms with Gasteiger partial charge in [-0.2, -0.15) is 13.2 Å². The smallest absolute Gasteiger partial charge is 0.388 e. The summed E-state index contributed by atoms with van der Waals surface area (Å²) in [5, 5.41) is 23.8. The molecule has 0 saturated heterocycles. The largest absolute Gasteiger partial charge is 0.416 e. The van der Waals surface area contributed by atoms with Gasteiger partial charge in [0.05, 0.1) is 22.6 Å². The molecule has 126 valence electrons. The second kappa shape index (κ2) is 5.79. The summed E-state index contributed by atoms with van der Waals surface area (Å²) < 4.78 is 38.3. The quantitative estimate of drug-likeness (QED) is 0.649. The van der Waals surface area contributed by atoms with Gasteiger partial charge < -0.3 is 10.4 Å². The normalized spacial score (nSPS) is 19.8. The topological polar surface area (TPSA) is 75.4 Å². The summed E-state index contributed by atoms with van der Waals surface area (Å²) in [7, 11) is 0. The van der Waals surface area contributed by atoms with Crippen molar-refractivity contribution in [3.63, 3.8) is 0 Å². The lowest BCUT2D eigenvalue weighted by molar-refractivity contribution is -0.385. The molecule has 0 saturated carbocycles. The molecule has 0 spiro atoms. The average molecular weight is 338 g/mol. The predicted molar refractivity (Wildman–Crippen MR) is 80.5 cm³/mol. The summed E-state index contributed by atoms with van der Waals surface area (Å²) in [5.74, 6) is 0. The molecule has 2 atom stereocenters. The van der Waals surface area contributed by atoms with Crippen LogP contribution in [0.2, 0.25) is 0 Å². The van der Waals surface area contributed by atoms with Crippen LogP contribution in [0.25, 0.3) is 0 Å². The lowest BCUT2D eigenvalue weighted by Gasteiger charge is -2.17. The van der Waals surface area contributed by atoms with Crippen LogP contribution in [-0.4, -0.2) is 10.0 Å². The summed E-state index contributed by atoms with van der Waals surface area (Å²) in [6, 6.07) is 8.50. The highest BCUT2D eigenvalue weighted by Gasteiger charge is 2.33. The van der Waals surface area contributed by atoms with Gasteiger partial charge in [0.1, 0.15) is 0 Å². The van der Waals surface area contributed by atoms with Crippen LogP contribution in [0.1, 0.15) is 35.3 Å². The van der Waals surface area contributed by atoms with Crippen LogP contribution >= 0.6 is 0 Å². The van der Waals surface area contributed by atoms with Gasteiger partial charge in [-0.25, -0.2) is 0 Å². The summed E-state index contributed by atoms with van der Waals surface area (Å²) in [6.45, 7) is 0. The molecule has 0 bridgehead atoms.